The van der Waals surface area contributed by atoms with Crippen molar-refractivity contribution in [2.24, 2.45) is 0 Å². The van der Waals surface area contributed by atoms with Gasteiger partial charge in [-0.3, -0.25) is 9.69 Å². The Morgan fingerprint density at radius 3 is 2.15 bits per heavy atom. The zero-order valence-electron chi connectivity index (χ0n) is 20.7. The highest BCUT2D eigenvalue weighted by Crippen LogP contribution is 2.18. The molecule has 0 saturated carbocycles. The Kier molecular flexibility index (Phi) is 14.9. The Bertz CT molecular complexity index is 573. The van der Waals surface area contributed by atoms with Crippen LogP contribution in [-0.4, -0.2) is 68.8 Å². The standard InChI is InChI=1S/C26H45NO6/c1-2-3-4-5-6-7-8-9-10-11-12-13-18-31-24-22-23(28)25(33-24)26(29)32-19-14-15-27-16-20-30-21-17-27/h22,25H,2-21H2,1H3. The number of unbranched alkanes of at least 4 members (excludes halogenated alkanes) is 11. The Morgan fingerprint density at radius 1 is 0.909 bits per heavy atom. The van der Waals surface area contributed by atoms with Crippen LogP contribution in [0.4, 0.5) is 0 Å². The Hall–Kier alpha value is -1.60. The maximum absolute atomic E-state index is 12.2. The van der Waals surface area contributed by atoms with Gasteiger partial charge in [0.15, 0.2) is 0 Å². The van der Waals surface area contributed by atoms with E-state index in [1.807, 2.05) is 0 Å². The van der Waals surface area contributed by atoms with E-state index >= 15 is 0 Å². The number of esters is 1. The predicted octanol–water partition coefficient (Wildman–Crippen LogP) is 4.78. The van der Waals surface area contributed by atoms with Crippen LogP contribution in [0.1, 0.15) is 90.4 Å². The summed E-state index contributed by atoms with van der Waals surface area (Å²) in [5.74, 6) is -0.904. The van der Waals surface area contributed by atoms with Gasteiger partial charge in [-0.05, 0) is 12.8 Å². The molecule has 190 valence electrons. The quantitative estimate of drug-likeness (QED) is 0.154. The zero-order valence-corrected chi connectivity index (χ0v) is 20.7. The molecule has 7 heteroatoms. The van der Waals surface area contributed by atoms with Gasteiger partial charge in [0.25, 0.3) is 12.0 Å². The summed E-state index contributed by atoms with van der Waals surface area (Å²) >= 11 is 0. The number of morpholine rings is 1. The van der Waals surface area contributed by atoms with Gasteiger partial charge in [-0.15, -0.1) is 0 Å². The van der Waals surface area contributed by atoms with Crippen LogP contribution in [0, 0.1) is 0 Å². The van der Waals surface area contributed by atoms with Gasteiger partial charge in [0, 0.05) is 19.6 Å². The van der Waals surface area contributed by atoms with E-state index in [0.717, 1.165) is 52.1 Å². The van der Waals surface area contributed by atoms with E-state index in [-0.39, 0.29) is 12.6 Å². The van der Waals surface area contributed by atoms with Crippen LogP contribution in [-0.2, 0) is 28.5 Å². The van der Waals surface area contributed by atoms with E-state index in [2.05, 4.69) is 11.8 Å². The second kappa shape index (κ2) is 17.8. The van der Waals surface area contributed by atoms with Gasteiger partial charge in [0.2, 0.25) is 5.78 Å². The van der Waals surface area contributed by atoms with Crippen molar-refractivity contribution in [3.8, 4) is 0 Å². The number of carbonyl (C=O) groups excluding carboxylic acids is 2. The van der Waals surface area contributed by atoms with Gasteiger partial charge in [0.1, 0.15) is 0 Å². The fraction of sp³-hybridized carbons (Fsp3) is 0.846. The van der Waals surface area contributed by atoms with Gasteiger partial charge in [-0.2, -0.15) is 0 Å². The molecule has 2 rings (SSSR count). The van der Waals surface area contributed by atoms with Crippen molar-refractivity contribution in [3.05, 3.63) is 12.0 Å². The lowest BCUT2D eigenvalue weighted by molar-refractivity contribution is -0.159. The topological polar surface area (TPSA) is 74.3 Å². The largest absolute Gasteiger partial charge is 0.465 e. The molecule has 0 bridgehead atoms. The van der Waals surface area contributed by atoms with Crippen molar-refractivity contribution in [1.29, 1.82) is 0 Å². The summed E-state index contributed by atoms with van der Waals surface area (Å²) in [5.41, 5.74) is 0. The maximum Gasteiger partial charge on any atom is 0.355 e. The van der Waals surface area contributed by atoms with E-state index in [9.17, 15) is 9.59 Å². The summed E-state index contributed by atoms with van der Waals surface area (Å²) in [7, 11) is 0. The molecule has 7 nitrogen and oxygen atoms in total. The van der Waals surface area contributed by atoms with Crippen LogP contribution in [0.2, 0.25) is 0 Å². The van der Waals surface area contributed by atoms with Crippen molar-refractivity contribution in [3.63, 3.8) is 0 Å². The molecule has 0 amide bonds. The van der Waals surface area contributed by atoms with E-state index in [4.69, 9.17) is 18.9 Å². The molecular weight excluding hydrogens is 422 g/mol. The molecule has 2 aliphatic rings. The van der Waals surface area contributed by atoms with Gasteiger partial charge < -0.3 is 18.9 Å². The molecule has 1 fully saturated rings. The molecule has 2 heterocycles. The van der Waals surface area contributed by atoms with Gasteiger partial charge in [-0.1, -0.05) is 77.6 Å². The smallest absolute Gasteiger partial charge is 0.355 e. The summed E-state index contributed by atoms with van der Waals surface area (Å²) in [6.45, 7) is 7.18. The van der Waals surface area contributed by atoms with E-state index in [1.54, 1.807) is 0 Å². The normalized spacial score (nSPS) is 18.8. The number of rotatable bonds is 19. The molecule has 0 aromatic carbocycles. The predicted molar refractivity (Wildman–Crippen MR) is 128 cm³/mol. The van der Waals surface area contributed by atoms with Gasteiger partial charge >= 0.3 is 5.97 Å². The lowest BCUT2D eigenvalue weighted by Gasteiger charge is -2.26. The van der Waals surface area contributed by atoms with E-state index < -0.39 is 17.9 Å². The van der Waals surface area contributed by atoms with Gasteiger partial charge in [0.05, 0.1) is 32.5 Å². The molecule has 0 aromatic heterocycles. The molecule has 0 N–H and O–H groups in total. The monoisotopic (exact) mass is 467 g/mol. The third-order valence-electron chi connectivity index (χ3n) is 6.18. The lowest BCUT2D eigenvalue weighted by Crippen LogP contribution is -2.37. The van der Waals surface area contributed by atoms with Crippen molar-refractivity contribution in [1.82, 2.24) is 4.90 Å². The molecule has 0 radical (unpaired) electrons. The Labute approximate surface area is 200 Å². The number of carbonyl (C=O) groups is 2. The molecule has 2 aliphatic heterocycles. The first-order valence-electron chi connectivity index (χ1n) is 13.2. The first kappa shape index (κ1) is 27.6. The highest BCUT2D eigenvalue weighted by atomic mass is 16.7. The number of ether oxygens (including phenoxy) is 4. The third kappa shape index (κ3) is 12.4. The van der Waals surface area contributed by atoms with Crippen LogP contribution >= 0.6 is 0 Å². The minimum atomic E-state index is -1.22. The summed E-state index contributed by atoms with van der Waals surface area (Å²) in [5, 5.41) is 0. The van der Waals surface area contributed by atoms with E-state index in [1.165, 1.54) is 70.3 Å². The van der Waals surface area contributed by atoms with Crippen molar-refractivity contribution in [2.45, 2.75) is 96.5 Å². The number of ketones is 1. The second-order valence-corrected chi connectivity index (χ2v) is 9.08. The minimum absolute atomic E-state index is 0.137. The molecule has 0 aliphatic carbocycles. The highest BCUT2D eigenvalue weighted by molar-refractivity contribution is 6.09. The number of hydrogen-bond donors (Lipinski definition) is 0. The maximum atomic E-state index is 12.2. The molecule has 1 atom stereocenters. The van der Waals surface area contributed by atoms with Gasteiger partial charge in [-0.25, -0.2) is 4.79 Å². The SMILES string of the molecule is CCCCCCCCCCCCCCOC1=CC(=O)C(C(=O)OCCCN2CCOCC2)O1. The Morgan fingerprint density at radius 2 is 1.52 bits per heavy atom. The Balaban J connectivity index is 1.41. The molecule has 1 saturated heterocycles. The van der Waals surface area contributed by atoms with E-state index in [0.29, 0.717) is 6.61 Å². The van der Waals surface area contributed by atoms with Crippen LogP contribution in [0.5, 0.6) is 0 Å². The van der Waals surface area contributed by atoms with Crippen LogP contribution in [0.25, 0.3) is 0 Å². The first-order valence-corrected chi connectivity index (χ1v) is 13.2. The molecule has 0 aromatic rings. The highest BCUT2D eigenvalue weighted by Gasteiger charge is 2.36. The fourth-order valence-electron chi connectivity index (χ4n) is 4.12. The molecular formula is C26H45NO6. The lowest BCUT2D eigenvalue weighted by atomic mass is 10.1. The first-order chi connectivity index (χ1) is 16.2. The molecule has 0 spiro atoms. The average molecular weight is 468 g/mol. The second-order valence-electron chi connectivity index (χ2n) is 9.08. The number of nitrogens with zero attached hydrogens (tertiary/aromatic N) is 1. The molecule has 33 heavy (non-hydrogen) atoms. The van der Waals surface area contributed by atoms with Crippen molar-refractivity contribution >= 4 is 11.8 Å². The molecule has 1 unspecified atom stereocenters. The fourth-order valence-corrected chi connectivity index (χ4v) is 4.12. The van der Waals surface area contributed by atoms with Crippen LogP contribution < -0.4 is 0 Å². The van der Waals surface area contributed by atoms with Crippen LogP contribution in [0.3, 0.4) is 0 Å². The third-order valence-corrected chi connectivity index (χ3v) is 6.18. The number of hydrogen-bond acceptors (Lipinski definition) is 7. The average Bonchev–Trinajstić information content (AvgIpc) is 3.20. The zero-order chi connectivity index (χ0) is 23.6. The summed E-state index contributed by atoms with van der Waals surface area (Å²) in [6, 6.07) is 0. The summed E-state index contributed by atoms with van der Waals surface area (Å²) in [6.07, 6.45) is 16.1. The van der Waals surface area contributed by atoms with Crippen molar-refractivity contribution in [2.75, 3.05) is 46.1 Å². The van der Waals surface area contributed by atoms with Crippen molar-refractivity contribution < 1.29 is 28.5 Å². The summed E-state index contributed by atoms with van der Waals surface area (Å²) < 4.78 is 21.5. The van der Waals surface area contributed by atoms with Crippen LogP contribution in [0.15, 0.2) is 12.0 Å². The summed E-state index contributed by atoms with van der Waals surface area (Å²) in [4.78, 5) is 26.5. The minimum Gasteiger partial charge on any atom is -0.465 e.